The fraction of sp³-hybridized carbons (Fsp3) is 0.217. The third kappa shape index (κ3) is 12.0. The molecule has 3 heterocycles. The summed E-state index contributed by atoms with van der Waals surface area (Å²) in [6.07, 6.45) is 4.52. The number of hydrogen-bond acceptors (Lipinski definition) is 15. The van der Waals surface area contributed by atoms with E-state index in [2.05, 4.69) is 31.3 Å². The van der Waals surface area contributed by atoms with Gasteiger partial charge < -0.3 is 29.7 Å². The zero-order valence-electron chi connectivity index (χ0n) is 48.3. The SMILES string of the molecule is CCCC1=NC(C(=O)[O-])(c2ccc3ccccc3c2)NN1c1ccccc1C.CCCC1=NC(C(=O)[O-])(c2ccc3ccccc3c2)NN1c1ccccc1C.CCCC1=NC(C(=O)[O-])(c2ccc3ccccc3c2)NN1c1ccccc1C.[Ir+3]. The van der Waals surface area contributed by atoms with E-state index in [9.17, 15) is 29.7 Å². The number of hydrogen-bond donors (Lipinski definition) is 3. The number of aliphatic imine (C=N–C) groups is 3. The van der Waals surface area contributed by atoms with Gasteiger partial charge in [0.05, 0.1) is 35.0 Å². The first-order valence-electron chi connectivity index (χ1n) is 28.4. The van der Waals surface area contributed by atoms with Crippen LogP contribution in [0, 0.1) is 20.8 Å². The molecule has 15 nitrogen and oxygen atoms in total. The van der Waals surface area contributed by atoms with Gasteiger partial charge in [-0.1, -0.05) is 185 Å². The van der Waals surface area contributed by atoms with Crippen molar-refractivity contribution in [1.82, 2.24) is 16.3 Å². The molecule has 3 aliphatic rings. The Morgan fingerprint density at radius 1 is 0.365 bits per heavy atom. The molecular weight excluding hydrogens is 1240 g/mol. The number of amidine groups is 3. The molecule has 0 saturated carbocycles. The van der Waals surface area contributed by atoms with Crippen molar-refractivity contribution in [3.8, 4) is 0 Å². The Balaban J connectivity index is 0.000000152. The van der Waals surface area contributed by atoms with E-state index in [-0.39, 0.29) is 20.1 Å². The minimum atomic E-state index is -1.66. The molecule has 0 spiro atoms. The Morgan fingerprint density at radius 2 is 0.600 bits per heavy atom. The summed E-state index contributed by atoms with van der Waals surface area (Å²) in [5, 5.41) is 48.5. The molecule has 0 radical (unpaired) electrons. The van der Waals surface area contributed by atoms with Gasteiger partial charge in [0.2, 0.25) is 0 Å². The van der Waals surface area contributed by atoms with Gasteiger partial charge in [-0.05, 0) is 125 Å². The Labute approximate surface area is 508 Å². The van der Waals surface area contributed by atoms with E-state index in [0.29, 0.717) is 53.5 Å². The maximum Gasteiger partial charge on any atom is 3.00 e. The van der Waals surface area contributed by atoms with Gasteiger partial charge in [0.15, 0.2) is 17.0 Å². The van der Waals surface area contributed by atoms with Crippen LogP contribution in [0.5, 0.6) is 0 Å². The average Bonchev–Trinajstić information content (AvgIpc) is 2.41. The second-order valence-electron chi connectivity index (χ2n) is 21.2. The first-order chi connectivity index (χ1) is 40.6. The number of benzene rings is 9. The molecule has 0 saturated heterocycles. The second-order valence-corrected chi connectivity index (χ2v) is 21.2. The average molecular weight is 1310 g/mol. The van der Waals surface area contributed by atoms with Crippen LogP contribution >= 0.6 is 0 Å². The van der Waals surface area contributed by atoms with E-state index in [0.717, 1.165) is 85.3 Å². The van der Waals surface area contributed by atoms with E-state index < -0.39 is 34.9 Å². The standard InChI is InChI=1S/3C23H23N3O2.Ir/c3*1-3-8-21-24-23(22(27)28,25-26(21)20-12-7-4-9-16(20)2)19-14-13-17-10-5-6-11-18(17)15-19;/h3*4-7,9-15,25H,3,8H2,1-2H3,(H,27,28);/q;;;+3/p-3. The Bertz CT molecular complexity index is 3650. The fourth-order valence-corrected chi connectivity index (χ4v) is 11.0. The largest absolute Gasteiger partial charge is 3.00 e. The minimum Gasteiger partial charge on any atom is -0.546 e. The molecule has 12 rings (SSSR count). The summed E-state index contributed by atoms with van der Waals surface area (Å²) in [4.78, 5) is 51.1. The van der Waals surface area contributed by atoms with Crippen LogP contribution < -0.4 is 46.6 Å². The molecule has 85 heavy (non-hydrogen) atoms. The second kappa shape index (κ2) is 25.9. The van der Waals surface area contributed by atoms with Crippen molar-refractivity contribution in [2.45, 2.75) is 97.1 Å². The number of fused-ring (bicyclic) bond motifs is 3. The molecule has 9 aromatic carbocycles. The molecule has 3 aliphatic heterocycles. The molecule has 3 N–H and O–H groups in total. The van der Waals surface area contributed by atoms with E-state index >= 15 is 0 Å². The topological polar surface area (TPSA) is 203 Å². The zero-order valence-corrected chi connectivity index (χ0v) is 50.7. The van der Waals surface area contributed by atoms with E-state index in [1.54, 1.807) is 33.2 Å². The Kier molecular flexibility index (Phi) is 18.5. The van der Waals surface area contributed by atoms with E-state index in [1.807, 2.05) is 224 Å². The molecular formula is C69H66IrN9O6. The predicted octanol–water partition coefficient (Wildman–Crippen LogP) is 9.82. The van der Waals surface area contributed by atoms with Gasteiger partial charge in [0.25, 0.3) is 0 Å². The number of aliphatic carboxylic acids is 3. The van der Waals surface area contributed by atoms with Crippen LogP contribution in [0.4, 0.5) is 17.1 Å². The van der Waals surface area contributed by atoms with Crippen LogP contribution in [-0.2, 0) is 51.5 Å². The van der Waals surface area contributed by atoms with Gasteiger partial charge >= 0.3 is 20.1 Å². The first kappa shape index (κ1) is 60.7. The molecule has 0 aliphatic carbocycles. The van der Waals surface area contributed by atoms with Gasteiger partial charge in [-0.3, -0.25) is 15.0 Å². The fourth-order valence-electron chi connectivity index (χ4n) is 11.0. The Morgan fingerprint density at radius 3 is 0.835 bits per heavy atom. The quantitative estimate of drug-likeness (QED) is 0.0878. The monoisotopic (exact) mass is 1310 g/mol. The summed E-state index contributed by atoms with van der Waals surface area (Å²) in [7, 11) is 0. The summed E-state index contributed by atoms with van der Waals surface area (Å²) < 4.78 is 0. The number of rotatable bonds is 15. The molecule has 0 aromatic heterocycles. The molecule has 0 fully saturated rings. The molecule has 0 amide bonds. The molecule has 9 aromatic rings. The maximum absolute atomic E-state index is 12.4. The first-order valence-corrected chi connectivity index (χ1v) is 28.4. The third-order valence-electron chi connectivity index (χ3n) is 15.4. The van der Waals surface area contributed by atoms with Crippen LogP contribution in [0.1, 0.15) is 92.7 Å². The summed E-state index contributed by atoms with van der Waals surface area (Å²) in [5.41, 5.74) is 11.9. The number of aryl methyl sites for hydroxylation is 3. The summed E-state index contributed by atoms with van der Waals surface area (Å²) in [5.74, 6) is -1.75. The van der Waals surface area contributed by atoms with E-state index in [1.165, 1.54) is 0 Å². The molecule has 16 heteroatoms. The number of carboxylic acids is 3. The predicted molar refractivity (Wildman–Crippen MR) is 329 cm³/mol. The van der Waals surface area contributed by atoms with Gasteiger partial charge in [-0.15, -0.1) is 0 Å². The van der Waals surface area contributed by atoms with Crippen molar-refractivity contribution in [3.63, 3.8) is 0 Å². The van der Waals surface area contributed by atoms with Crippen molar-refractivity contribution in [3.05, 3.63) is 234 Å². The van der Waals surface area contributed by atoms with Gasteiger partial charge in [-0.2, -0.15) is 16.3 Å². The summed E-state index contributed by atoms with van der Waals surface area (Å²) in [6, 6.07) is 63.9. The van der Waals surface area contributed by atoms with Gasteiger partial charge in [0, 0.05) is 36.0 Å². The van der Waals surface area contributed by atoms with Crippen LogP contribution in [0.3, 0.4) is 0 Å². The van der Waals surface area contributed by atoms with Crippen molar-refractivity contribution in [1.29, 1.82) is 0 Å². The number of anilines is 3. The van der Waals surface area contributed by atoms with Crippen molar-refractivity contribution in [2.75, 3.05) is 15.0 Å². The number of nitrogens with one attached hydrogen (secondary N) is 3. The zero-order chi connectivity index (χ0) is 59.2. The maximum atomic E-state index is 12.4. The molecule has 432 valence electrons. The molecule has 3 atom stereocenters. The summed E-state index contributed by atoms with van der Waals surface area (Å²) >= 11 is 0. The van der Waals surface area contributed by atoms with E-state index in [4.69, 9.17) is 0 Å². The molecule has 3 unspecified atom stereocenters. The van der Waals surface area contributed by atoms with Crippen molar-refractivity contribution in [2.24, 2.45) is 15.0 Å². The number of nitrogens with zero attached hydrogens (tertiary/aromatic N) is 6. The van der Waals surface area contributed by atoms with Crippen LogP contribution in [-0.4, -0.2) is 35.4 Å². The smallest absolute Gasteiger partial charge is 0.546 e. The van der Waals surface area contributed by atoms with Crippen LogP contribution in [0.15, 0.2) is 215 Å². The normalized spacial score (nSPS) is 18.8. The summed E-state index contributed by atoms with van der Waals surface area (Å²) in [6.45, 7) is 12.1. The van der Waals surface area contributed by atoms with Crippen molar-refractivity contribution >= 4 is 84.8 Å². The van der Waals surface area contributed by atoms with Crippen LogP contribution in [0.25, 0.3) is 32.3 Å². The van der Waals surface area contributed by atoms with Crippen LogP contribution in [0.2, 0.25) is 0 Å². The number of hydrazine groups is 3. The number of carbonyl (C=O) groups excluding carboxylic acids is 3. The minimum absolute atomic E-state index is 0. The Hall–Kier alpha value is -8.89. The third-order valence-corrected chi connectivity index (χ3v) is 15.4. The number of para-hydroxylation sites is 3. The molecule has 0 bridgehead atoms. The number of carboxylic acid groups (broad SMARTS) is 3. The van der Waals surface area contributed by atoms with Gasteiger partial charge in [-0.25, -0.2) is 15.0 Å². The van der Waals surface area contributed by atoms with Gasteiger partial charge in [0.1, 0.15) is 17.5 Å². The van der Waals surface area contributed by atoms with Crippen molar-refractivity contribution < 1.29 is 49.8 Å². The number of carbonyl (C=O) groups is 3.